The number of ether oxygens (including phenoxy) is 1. The fourth-order valence-corrected chi connectivity index (χ4v) is 3.77. The molecule has 0 spiro atoms. The lowest BCUT2D eigenvalue weighted by molar-refractivity contribution is -0.0730. The Balaban J connectivity index is 1.44. The summed E-state index contributed by atoms with van der Waals surface area (Å²) in [5, 5.41) is 4.65. The van der Waals surface area contributed by atoms with Gasteiger partial charge in [0.25, 0.3) is 0 Å². The number of hydrogen-bond acceptors (Lipinski definition) is 5. The number of furan rings is 1. The molecule has 1 aromatic carbocycles. The molecule has 3 heterocycles. The first-order chi connectivity index (χ1) is 12.8. The lowest BCUT2D eigenvalue weighted by Gasteiger charge is -2.40. The van der Waals surface area contributed by atoms with E-state index in [2.05, 4.69) is 38.8 Å². The number of fused-ring (bicyclic) bond motifs is 1. The van der Waals surface area contributed by atoms with E-state index in [9.17, 15) is 0 Å². The maximum absolute atomic E-state index is 6.11. The molecule has 0 aliphatic carbocycles. The molecule has 0 bridgehead atoms. The zero-order valence-corrected chi connectivity index (χ0v) is 15.4. The summed E-state index contributed by atoms with van der Waals surface area (Å²) >= 11 is 0. The number of nitrogens with zero attached hydrogens (tertiary/aromatic N) is 3. The second kappa shape index (κ2) is 7.61. The van der Waals surface area contributed by atoms with Crippen LogP contribution in [-0.2, 0) is 18.3 Å². The summed E-state index contributed by atoms with van der Waals surface area (Å²) in [6, 6.07) is 10.4. The third-order valence-electron chi connectivity index (χ3n) is 5.11. The molecule has 1 fully saturated rings. The van der Waals surface area contributed by atoms with Gasteiger partial charge in [0.15, 0.2) is 0 Å². The van der Waals surface area contributed by atoms with Crippen molar-refractivity contribution in [1.82, 2.24) is 19.8 Å². The number of hydrogen-bond donors (Lipinski definition) is 1. The van der Waals surface area contributed by atoms with Crippen LogP contribution in [0.3, 0.4) is 0 Å². The Kier molecular flexibility index (Phi) is 5.06. The Morgan fingerprint density at radius 2 is 2.19 bits per heavy atom. The van der Waals surface area contributed by atoms with Crippen molar-refractivity contribution in [2.45, 2.75) is 25.6 Å². The van der Waals surface area contributed by atoms with Gasteiger partial charge >= 0.3 is 0 Å². The van der Waals surface area contributed by atoms with Crippen LogP contribution in [0, 0.1) is 0 Å². The molecule has 0 saturated carbocycles. The van der Waals surface area contributed by atoms with E-state index in [1.807, 2.05) is 37.6 Å². The summed E-state index contributed by atoms with van der Waals surface area (Å²) in [6.07, 6.45) is 3.92. The van der Waals surface area contributed by atoms with E-state index in [-0.39, 0.29) is 12.1 Å². The van der Waals surface area contributed by atoms with Crippen molar-refractivity contribution in [1.29, 1.82) is 0 Å². The van der Waals surface area contributed by atoms with Gasteiger partial charge in [0.05, 0.1) is 25.3 Å². The van der Waals surface area contributed by atoms with Crippen LogP contribution < -0.4 is 5.32 Å². The molecule has 4 rings (SSSR count). The standard InChI is InChI=1S/C20H26N4O2/c1-3-24-10-11-25-18(19(24)20-22-8-9-23(20)2)14-21-13-16-12-15-6-4-5-7-17(15)26-16/h4-9,12,18-19,21H,3,10-11,13-14H2,1-2H3/t18-,19+/m0/s1. The van der Waals surface area contributed by atoms with Crippen molar-refractivity contribution in [3.05, 3.63) is 54.3 Å². The molecule has 0 radical (unpaired) electrons. The van der Waals surface area contributed by atoms with Crippen molar-refractivity contribution in [2.24, 2.45) is 7.05 Å². The summed E-state index contributed by atoms with van der Waals surface area (Å²) in [6.45, 7) is 6.32. The highest BCUT2D eigenvalue weighted by Crippen LogP contribution is 2.28. The van der Waals surface area contributed by atoms with Gasteiger partial charge in [0.2, 0.25) is 0 Å². The summed E-state index contributed by atoms with van der Waals surface area (Å²) in [5.74, 6) is 2.00. The number of para-hydroxylation sites is 1. The molecule has 3 aromatic rings. The molecule has 0 unspecified atom stereocenters. The van der Waals surface area contributed by atoms with Gasteiger partial charge in [-0.3, -0.25) is 4.90 Å². The second-order valence-electron chi connectivity index (χ2n) is 6.76. The Hall–Kier alpha value is -2.15. The van der Waals surface area contributed by atoms with E-state index >= 15 is 0 Å². The molecule has 1 saturated heterocycles. The van der Waals surface area contributed by atoms with Crippen LogP contribution in [0.25, 0.3) is 11.0 Å². The molecule has 1 aliphatic heterocycles. The number of likely N-dealkylation sites (N-methyl/N-ethyl adjacent to an activating group) is 1. The zero-order valence-electron chi connectivity index (χ0n) is 15.4. The third-order valence-corrected chi connectivity index (χ3v) is 5.11. The Morgan fingerprint density at radius 1 is 1.31 bits per heavy atom. The van der Waals surface area contributed by atoms with Crippen LogP contribution >= 0.6 is 0 Å². The van der Waals surface area contributed by atoms with Crippen LogP contribution in [0.4, 0.5) is 0 Å². The van der Waals surface area contributed by atoms with Crippen LogP contribution in [-0.4, -0.2) is 46.8 Å². The van der Waals surface area contributed by atoms with E-state index in [0.29, 0.717) is 6.54 Å². The number of imidazole rings is 1. The average molecular weight is 354 g/mol. The highest BCUT2D eigenvalue weighted by atomic mass is 16.5. The van der Waals surface area contributed by atoms with Gasteiger partial charge in [-0.1, -0.05) is 25.1 Å². The Morgan fingerprint density at radius 3 is 2.96 bits per heavy atom. The highest BCUT2D eigenvalue weighted by molar-refractivity contribution is 5.77. The van der Waals surface area contributed by atoms with Gasteiger partial charge < -0.3 is 19.0 Å². The van der Waals surface area contributed by atoms with Crippen molar-refractivity contribution in [2.75, 3.05) is 26.2 Å². The van der Waals surface area contributed by atoms with Crippen molar-refractivity contribution in [3.63, 3.8) is 0 Å². The minimum absolute atomic E-state index is 0.0641. The van der Waals surface area contributed by atoms with Gasteiger partial charge in [-0.05, 0) is 18.7 Å². The van der Waals surface area contributed by atoms with Crippen molar-refractivity contribution in [3.8, 4) is 0 Å². The molecule has 1 N–H and O–H groups in total. The minimum Gasteiger partial charge on any atom is -0.460 e. The Bertz CT molecular complexity index is 823. The number of morpholine rings is 1. The van der Waals surface area contributed by atoms with Crippen LogP contribution in [0.2, 0.25) is 0 Å². The van der Waals surface area contributed by atoms with Gasteiger partial charge in [0.1, 0.15) is 17.2 Å². The number of nitrogens with one attached hydrogen (secondary N) is 1. The molecular formula is C20H26N4O2. The molecule has 1 aliphatic rings. The van der Waals surface area contributed by atoms with Gasteiger partial charge in [-0.25, -0.2) is 4.98 Å². The normalized spacial score (nSPS) is 21.5. The molecule has 138 valence electrons. The second-order valence-corrected chi connectivity index (χ2v) is 6.76. The van der Waals surface area contributed by atoms with Crippen molar-refractivity contribution < 1.29 is 9.15 Å². The number of aromatic nitrogens is 2. The van der Waals surface area contributed by atoms with E-state index < -0.39 is 0 Å². The summed E-state index contributed by atoms with van der Waals surface area (Å²) in [4.78, 5) is 7.02. The molecule has 6 heteroatoms. The maximum Gasteiger partial charge on any atom is 0.134 e. The maximum atomic E-state index is 6.11. The first-order valence-electron chi connectivity index (χ1n) is 9.27. The summed E-state index contributed by atoms with van der Waals surface area (Å²) < 4.78 is 14.1. The molecule has 2 aromatic heterocycles. The lowest BCUT2D eigenvalue weighted by atomic mass is 10.1. The van der Waals surface area contributed by atoms with E-state index in [1.165, 1.54) is 0 Å². The van der Waals surface area contributed by atoms with E-state index in [0.717, 1.165) is 48.8 Å². The molecule has 2 atom stereocenters. The monoisotopic (exact) mass is 354 g/mol. The quantitative estimate of drug-likeness (QED) is 0.738. The average Bonchev–Trinajstić information content (AvgIpc) is 3.27. The van der Waals surface area contributed by atoms with E-state index in [1.54, 1.807) is 0 Å². The highest BCUT2D eigenvalue weighted by Gasteiger charge is 2.35. The van der Waals surface area contributed by atoms with Gasteiger partial charge in [-0.15, -0.1) is 0 Å². The van der Waals surface area contributed by atoms with Crippen LogP contribution in [0.1, 0.15) is 24.6 Å². The van der Waals surface area contributed by atoms with Gasteiger partial charge in [0, 0.05) is 37.9 Å². The lowest BCUT2D eigenvalue weighted by Crippen LogP contribution is -2.49. The molecule has 26 heavy (non-hydrogen) atoms. The Labute approximate surface area is 153 Å². The summed E-state index contributed by atoms with van der Waals surface area (Å²) in [7, 11) is 2.05. The topological polar surface area (TPSA) is 55.5 Å². The summed E-state index contributed by atoms with van der Waals surface area (Å²) in [5.41, 5.74) is 0.932. The van der Waals surface area contributed by atoms with Gasteiger partial charge in [-0.2, -0.15) is 0 Å². The van der Waals surface area contributed by atoms with Crippen LogP contribution in [0.5, 0.6) is 0 Å². The third kappa shape index (κ3) is 3.40. The number of benzene rings is 1. The molecule has 6 nitrogen and oxygen atoms in total. The number of aryl methyl sites for hydroxylation is 1. The zero-order chi connectivity index (χ0) is 17.9. The SMILES string of the molecule is CCN1CCO[C@@H](CNCc2cc3ccccc3o2)[C@@H]1c1nccn1C. The molecular weight excluding hydrogens is 328 g/mol. The first-order valence-corrected chi connectivity index (χ1v) is 9.27. The minimum atomic E-state index is 0.0641. The molecule has 0 amide bonds. The van der Waals surface area contributed by atoms with Crippen molar-refractivity contribution >= 4 is 11.0 Å². The predicted octanol–water partition coefficient (Wildman–Crippen LogP) is 2.72. The smallest absolute Gasteiger partial charge is 0.134 e. The van der Waals surface area contributed by atoms with E-state index in [4.69, 9.17) is 9.15 Å². The predicted molar refractivity (Wildman–Crippen MR) is 101 cm³/mol. The van der Waals surface area contributed by atoms with Crippen LogP contribution in [0.15, 0.2) is 47.1 Å². The number of rotatable bonds is 6. The first kappa shape index (κ1) is 17.3. The largest absolute Gasteiger partial charge is 0.460 e. The fraction of sp³-hybridized carbons (Fsp3) is 0.450. The fourth-order valence-electron chi connectivity index (χ4n) is 3.77.